The Bertz CT molecular complexity index is 214. The summed E-state index contributed by atoms with van der Waals surface area (Å²) in [5.41, 5.74) is 0. The van der Waals surface area contributed by atoms with E-state index in [0.717, 1.165) is 0 Å². The van der Waals surface area contributed by atoms with Crippen molar-refractivity contribution < 1.29 is 9.53 Å². The zero-order chi connectivity index (χ0) is 11.5. The quantitative estimate of drug-likeness (QED) is 0.550. The van der Waals surface area contributed by atoms with Crippen LogP contribution in [-0.2, 0) is 9.53 Å². The van der Waals surface area contributed by atoms with Gasteiger partial charge in [-0.05, 0) is 39.5 Å². The molecule has 0 bridgehead atoms. The predicted octanol–water partition coefficient (Wildman–Crippen LogP) is 3.52. The molecule has 1 rings (SSSR count). The van der Waals surface area contributed by atoms with Crippen LogP contribution < -0.4 is 0 Å². The fourth-order valence-corrected chi connectivity index (χ4v) is 2.05. The highest BCUT2D eigenvalue weighted by molar-refractivity contribution is 6.33. The standard InChI is InChI=1S/C12H21ClO2/c1-9(10-7-5-4-6-8-10)15-11(14)12(2,3)13/h9-10H,4-8H2,1-3H3/t9-/m1/s1. The Balaban J connectivity index is 2.40. The van der Waals surface area contributed by atoms with Crippen LogP contribution in [0, 0.1) is 5.92 Å². The molecule has 0 aromatic carbocycles. The van der Waals surface area contributed by atoms with Gasteiger partial charge in [-0.2, -0.15) is 0 Å². The fraction of sp³-hybridized carbons (Fsp3) is 0.917. The first kappa shape index (κ1) is 12.8. The minimum Gasteiger partial charge on any atom is -0.461 e. The Hall–Kier alpha value is -0.240. The number of alkyl halides is 1. The fourth-order valence-electron chi connectivity index (χ4n) is 2.01. The van der Waals surface area contributed by atoms with Gasteiger partial charge in [0.25, 0.3) is 0 Å². The Morgan fingerprint density at radius 3 is 2.33 bits per heavy atom. The molecule has 0 unspecified atom stereocenters. The summed E-state index contributed by atoms with van der Waals surface area (Å²) in [6.07, 6.45) is 6.20. The molecule has 0 aromatic rings. The molecule has 1 saturated carbocycles. The Labute approximate surface area is 97.3 Å². The van der Waals surface area contributed by atoms with E-state index in [9.17, 15) is 4.79 Å². The molecule has 1 aliphatic carbocycles. The van der Waals surface area contributed by atoms with Gasteiger partial charge >= 0.3 is 5.97 Å². The molecule has 0 N–H and O–H groups in total. The van der Waals surface area contributed by atoms with Gasteiger partial charge in [0.15, 0.2) is 0 Å². The molecule has 1 fully saturated rings. The van der Waals surface area contributed by atoms with E-state index in [4.69, 9.17) is 16.3 Å². The van der Waals surface area contributed by atoms with E-state index in [1.54, 1.807) is 13.8 Å². The molecule has 0 radical (unpaired) electrons. The average Bonchev–Trinajstić information content (AvgIpc) is 2.17. The van der Waals surface area contributed by atoms with Crippen molar-refractivity contribution in [1.82, 2.24) is 0 Å². The first-order valence-corrected chi connectivity index (χ1v) is 6.19. The number of hydrogen-bond donors (Lipinski definition) is 0. The van der Waals surface area contributed by atoms with Gasteiger partial charge in [-0.1, -0.05) is 19.3 Å². The number of carbonyl (C=O) groups excluding carboxylic acids is 1. The van der Waals surface area contributed by atoms with Crippen molar-refractivity contribution in [2.75, 3.05) is 0 Å². The number of hydrogen-bond acceptors (Lipinski definition) is 2. The summed E-state index contributed by atoms with van der Waals surface area (Å²) < 4.78 is 5.38. The lowest BCUT2D eigenvalue weighted by atomic mass is 9.86. The molecule has 15 heavy (non-hydrogen) atoms. The van der Waals surface area contributed by atoms with Crippen molar-refractivity contribution in [3.8, 4) is 0 Å². The van der Waals surface area contributed by atoms with Gasteiger partial charge in [0, 0.05) is 0 Å². The molecule has 2 nitrogen and oxygen atoms in total. The first-order valence-electron chi connectivity index (χ1n) is 5.81. The molecular formula is C12H21ClO2. The van der Waals surface area contributed by atoms with E-state index in [2.05, 4.69) is 0 Å². The van der Waals surface area contributed by atoms with Crippen LogP contribution in [0.1, 0.15) is 52.9 Å². The van der Waals surface area contributed by atoms with Crippen LogP contribution in [-0.4, -0.2) is 16.9 Å². The van der Waals surface area contributed by atoms with Gasteiger partial charge in [0.2, 0.25) is 0 Å². The lowest BCUT2D eigenvalue weighted by molar-refractivity contribution is -0.153. The molecule has 1 aliphatic rings. The maximum atomic E-state index is 11.6. The highest BCUT2D eigenvalue weighted by Crippen LogP contribution is 2.29. The maximum absolute atomic E-state index is 11.6. The number of esters is 1. The van der Waals surface area contributed by atoms with Crippen molar-refractivity contribution in [2.24, 2.45) is 5.92 Å². The van der Waals surface area contributed by atoms with Gasteiger partial charge in [-0.3, -0.25) is 4.79 Å². The third-order valence-electron chi connectivity index (χ3n) is 3.09. The lowest BCUT2D eigenvalue weighted by Crippen LogP contribution is -2.34. The summed E-state index contributed by atoms with van der Waals surface area (Å²) in [4.78, 5) is 10.7. The molecule has 88 valence electrons. The molecule has 1 atom stereocenters. The Kier molecular flexibility index (Phi) is 4.45. The monoisotopic (exact) mass is 232 g/mol. The van der Waals surface area contributed by atoms with Crippen molar-refractivity contribution in [1.29, 1.82) is 0 Å². The van der Waals surface area contributed by atoms with Crippen molar-refractivity contribution in [3.63, 3.8) is 0 Å². The van der Waals surface area contributed by atoms with Crippen LogP contribution in [0.4, 0.5) is 0 Å². The van der Waals surface area contributed by atoms with E-state index in [-0.39, 0.29) is 12.1 Å². The second-order valence-electron chi connectivity index (χ2n) is 4.98. The zero-order valence-electron chi connectivity index (χ0n) is 9.88. The predicted molar refractivity (Wildman–Crippen MR) is 62.1 cm³/mol. The van der Waals surface area contributed by atoms with Gasteiger partial charge in [-0.25, -0.2) is 0 Å². The third-order valence-corrected chi connectivity index (χ3v) is 3.25. The second kappa shape index (κ2) is 5.20. The molecular weight excluding hydrogens is 212 g/mol. The van der Waals surface area contributed by atoms with E-state index in [1.165, 1.54) is 32.1 Å². The smallest absolute Gasteiger partial charge is 0.326 e. The van der Waals surface area contributed by atoms with Gasteiger partial charge in [0.05, 0.1) is 0 Å². The highest BCUT2D eigenvalue weighted by atomic mass is 35.5. The van der Waals surface area contributed by atoms with Gasteiger partial charge in [-0.15, -0.1) is 11.6 Å². The average molecular weight is 233 g/mol. The van der Waals surface area contributed by atoms with Crippen LogP contribution in [0.2, 0.25) is 0 Å². The second-order valence-corrected chi connectivity index (χ2v) is 5.93. The first-order chi connectivity index (χ1) is 6.91. The molecule has 3 heteroatoms. The molecule has 0 heterocycles. The van der Waals surface area contributed by atoms with E-state index in [0.29, 0.717) is 5.92 Å². The SMILES string of the molecule is C[C@@H](OC(=O)C(C)(C)Cl)C1CCCCC1. The Morgan fingerprint density at radius 1 is 1.33 bits per heavy atom. The van der Waals surface area contributed by atoms with Crippen molar-refractivity contribution in [2.45, 2.75) is 63.9 Å². The molecule has 0 amide bonds. The van der Waals surface area contributed by atoms with E-state index in [1.807, 2.05) is 6.92 Å². The number of ether oxygens (including phenoxy) is 1. The lowest BCUT2D eigenvalue weighted by Gasteiger charge is -2.29. The van der Waals surface area contributed by atoms with Crippen molar-refractivity contribution in [3.05, 3.63) is 0 Å². The minimum atomic E-state index is -0.900. The largest absolute Gasteiger partial charge is 0.461 e. The number of halogens is 1. The number of rotatable bonds is 3. The van der Waals surface area contributed by atoms with Crippen LogP contribution in [0.15, 0.2) is 0 Å². The third kappa shape index (κ3) is 4.02. The van der Waals surface area contributed by atoms with Crippen LogP contribution in [0.5, 0.6) is 0 Å². The molecule has 0 saturated heterocycles. The highest BCUT2D eigenvalue weighted by Gasteiger charge is 2.30. The van der Waals surface area contributed by atoms with Gasteiger partial charge in [0.1, 0.15) is 11.0 Å². The molecule has 0 aromatic heterocycles. The number of carbonyl (C=O) groups is 1. The summed E-state index contributed by atoms with van der Waals surface area (Å²) >= 11 is 5.89. The molecule has 0 spiro atoms. The topological polar surface area (TPSA) is 26.3 Å². The zero-order valence-corrected chi connectivity index (χ0v) is 10.6. The Morgan fingerprint density at radius 2 is 1.87 bits per heavy atom. The van der Waals surface area contributed by atoms with Gasteiger partial charge < -0.3 is 4.74 Å². The summed E-state index contributed by atoms with van der Waals surface area (Å²) in [6, 6.07) is 0. The van der Waals surface area contributed by atoms with Crippen molar-refractivity contribution >= 4 is 17.6 Å². The minimum absolute atomic E-state index is 0.0100. The maximum Gasteiger partial charge on any atom is 0.326 e. The normalized spacial score (nSPS) is 21.1. The summed E-state index contributed by atoms with van der Waals surface area (Å²) in [5, 5.41) is 0. The molecule has 0 aliphatic heterocycles. The van der Waals surface area contributed by atoms with E-state index < -0.39 is 4.87 Å². The summed E-state index contributed by atoms with van der Waals surface area (Å²) in [5.74, 6) is 0.226. The summed E-state index contributed by atoms with van der Waals surface area (Å²) in [6.45, 7) is 5.32. The van der Waals surface area contributed by atoms with Crippen LogP contribution in [0.25, 0.3) is 0 Å². The van der Waals surface area contributed by atoms with Crippen LogP contribution in [0.3, 0.4) is 0 Å². The van der Waals surface area contributed by atoms with E-state index >= 15 is 0 Å². The summed E-state index contributed by atoms with van der Waals surface area (Å²) in [7, 11) is 0. The van der Waals surface area contributed by atoms with Crippen LogP contribution >= 0.6 is 11.6 Å².